The van der Waals surface area contributed by atoms with Gasteiger partial charge in [0.15, 0.2) is 0 Å². The van der Waals surface area contributed by atoms with Crippen molar-refractivity contribution < 1.29 is 4.52 Å². The average Bonchev–Trinajstić information content (AvgIpc) is 2.89. The van der Waals surface area contributed by atoms with Gasteiger partial charge in [0.25, 0.3) is 0 Å². The van der Waals surface area contributed by atoms with Crippen LogP contribution in [-0.4, -0.2) is 30.0 Å². The summed E-state index contributed by atoms with van der Waals surface area (Å²) in [5, 5.41) is 8.34. The van der Waals surface area contributed by atoms with Gasteiger partial charge >= 0.3 is 0 Å². The molecule has 0 bridgehead atoms. The van der Waals surface area contributed by atoms with Crippen LogP contribution in [0, 0.1) is 12.3 Å². The lowest BCUT2D eigenvalue weighted by atomic mass is 10.1. The maximum absolute atomic E-state index is 5.26. The van der Waals surface area contributed by atoms with E-state index in [9.17, 15) is 0 Å². The first-order valence-corrected chi connectivity index (χ1v) is 7.71. The highest BCUT2D eigenvalue weighted by atomic mass is 31.1. The van der Waals surface area contributed by atoms with Crippen LogP contribution in [-0.2, 0) is 0 Å². The Labute approximate surface area is 108 Å². The number of anilines is 1. The van der Waals surface area contributed by atoms with Crippen molar-refractivity contribution in [3.05, 3.63) is 24.6 Å². The van der Waals surface area contributed by atoms with Gasteiger partial charge in [-0.3, -0.25) is 0 Å². The molecule has 1 aromatic heterocycles. The van der Waals surface area contributed by atoms with Gasteiger partial charge in [-0.05, 0) is 30.8 Å². The standard InChI is InChI=1S/C13H14N3OP/c1-4-7-14-12-6-5-10(18(2)3)8-11(12)13-15-9-17-16-13/h1,5-6,8-9,14H,7H2,2-3H3. The Morgan fingerprint density at radius 1 is 1.44 bits per heavy atom. The highest BCUT2D eigenvalue weighted by Crippen LogP contribution is 2.30. The van der Waals surface area contributed by atoms with E-state index in [4.69, 9.17) is 10.9 Å². The summed E-state index contributed by atoms with van der Waals surface area (Å²) in [7, 11) is -0.167. The molecule has 0 fully saturated rings. The smallest absolute Gasteiger partial charge is 0.214 e. The first-order chi connectivity index (χ1) is 8.72. The summed E-state index contributed by atoms with van der Waals surface area (Å²) in [5.74, 6) is 3.13. The van der Waals surface area contributed by atoms with Crippen molar-refractivity contribution in [2.24, 2.45) is 0 Å². The van der Waals surface area contributed by atoms with Crippen LogP contribution in [0.25, 0.3) is 11.4 Å². The monoisotopic (exact) mass is 259 g/mol. The molecule has 0 aliphatic carbocycles. The minimum atomic E-state index is -0.167. The molecule has 0 spiro atoms. The van der Waals surface area contributed by atoms with E-state index in [1.54, 1.807) is 0 Å². The zero-order valence-corrected chi connectivity index (χ0v) is 11.2. The predicted octanol–water partition coefficient (Wildman–Crippen LogP) is 2.15. The lowest BCUT2D eigenvalue weighted by molar-refractivity contribution is 0.419. The number of hydrogen-bond donors (Lipinski definition) is 1. The van der Waals surface area contributed by atoms with E-state index in [-0.39, 0.29) is 7.92 Å². The van der Waals surface area contributed by atoms with Crippen molar-refractivity contribution in [1.29, 1.82) is 0 Å². The summed E-state index contributed by atoms with van der Waals surface area (Å²) in [4.78, 5) is 4.09. The molecular weight excluding hydrogens is 245 g/mol. The van der Waals surface area contributed by atoms with Crippen molar-refractivity contribution in [1.82, 2.24) is 10.1 Å². The molecule has 4 nitrogen and oxygen atoms in total. The topological polar surface area (TPSA) is 51.0 Å². The molecule has 0 amide bonds. The molecule has 2 aromatic rings. The van der Waals surface area contributed by atoms with Crippen molar-refractivity contribution in [3.63, 3.8) is 0 Å². The summed E-state index contributed by atoms with van der Waals surface area (Å²) in [6.07, 6.45) is 6.59. The van der Waals surface area contributed by atoms with Crippen molar-refractivity contribution in [3.8, 4) is 23.7 Å². The first kappa shape index (κ1) is 12.6. The van der Waals surface area contributed by atoms with Crippen LogP contribution in [0.3, 0.4) is 0 Å². The molecule has 1 aromatic carbocycles. The molecule has 0 aliphatic rings. The van der Waals surface area contributed by atoms with Crippen molar-refractivity contribution in [2.75, 3.05) is 25.2 Å². The van der Waals surface area contributed by atoms with Gasteiger partial charge in [-0.25, -0.2) is 0 Å². The lowest BCUT2D eigenvalue weighted by Gasteiger charge is -2.12. The maximum Gasteiger partial charge on any atom is 0.214 e. The second-order valence-electron chi connectivity index (χ2n) is 3.94. The SMILES string of the molecule is C#CCNc1ccc(P(C)C)cc1-c1ncon1. The Kier molecular flexibility index (Phi) is 3.96. The zero-order chi connectivity index (χ0) is 13.0. The third kappa shape index (κ3) is 2.69. The third-order valence-electron chi connectivity index (χ3n) is 2.50. The lowest BCUT2D eigenvalue weighted by Crippen LogP contribution is -2.05. The highest BCUT2D eigenvalue weighted by Gasteiger charge is 2.11. The molecule has 0 radical (unpaired) electrons. The van der Waals surface area contributed by atoms with Gasteiger partial charge in [0.05, 0.1) is 6.54 Å². The van der Waals surface area contributed by atoms with Gasteiger partial charge < -0.3 is 9.84 Å². The van der Waals surface area contributed by atoms with Crippen LogP contribution in [0.2, 0.25) is 0 Å². The molecule has 2 rings (SSSR count). The zero-order valence-electron chi connectivity index (χ0n) is 10.3. The molecule has 1 heterocycles. The number of rotatable bonds is 4. The third-order valence-corrected chi connectivity index (χ3v) is 3.81. The van der Waals surface area contributed by atoms with Gasteiger partial charge in [0, 0.05) is 11.3 Å². The molecule has 0 unspecified atom stereocenters. The number of terminal acetylenes is 1. The fraction of sp³-hybridized carbons (Fsp3) is 0.231. The molecule has 5 heteroatoms. The van der Waals surface area contributed by atoms with E-state index in [0.29, 0.717) is 12.4 Å². The van der Waals surface area contributed by atoms with Crippen LogP contribution in [0.4, 0.5) is 5.69 Å². The maximum atomic E-state index is 5.26. The summed E-state index contributed by atoms with van der Waals surface area (Å²) >= 11 is 0. The van der Waals surface area contributed by atoms with Crippen LogP contribution < -0.4 is 10.6 Å². The Balaban J connectivity index is 2.44. The number of nitrogens with zero attached hydrogens (tertiary/aromatic N) is 2. The van der Waals surface area contributed by atoms with Gasteiger partial charge in [0.1, 0.15) is 0 Å². The van der Waals surface area contributed by atoms with E-state index >= 15 is 0 Å². The van der Waals surface area contributed by atoms with E-state index in [1.807, 2.05) is 6.07 Å². The molecular formula is C13H14N3OP. The fourth-order valence-corrected chi connectivity index (χ4v) is 2.35. The molecule has 92 valence electrons. The van der Waals surface area contributed by atoms with E-state index in [1.165, 1.54) is 11.7 Å². The van der Waals surface area contributed by atoms with Crippen LogP contribution in [0.1, 0.15) is 0 Å². The highest BCUT2D eigenvalue weighted by molar-refractivity contribution is 7.64. The quantitative estimate of drug-likeness (QED) is 0.675. The molecule has 18 heavy (non-hydrogen) atoms. The largest absolute Gasteiger partial charge is 0.374 e. The first-order valence-electron chi connectivity index (χ1n) is 5.48. The number of nitrogens with one attached hydrogen (secondary N) is 1. The Morgan fingerprint density at radius 2 is 2.28 bits per heavy atom. The minimum Gasteiger partial charge on any atom is -0.374 e. The average molecular weight is 259 g/mol. The van der Waals surface area contributed by atoms with Crippen LogP contribution in [0.5, 0.6) is 0 Å². The molecule has 0 saturated carbocycles. The molecule has 0 atom stereocenters. The number of aromatic nitrogens is 2. The molecule has 0 aliphatic heterocycles. The van der Waals surface area contributed by atoms with Gasteiger partial charge in [-0.1, -0.05) is 25.1 Å². The summed E-state index contributed by atoms with van der Waals surface area (Å²) in [6, 6.07) is 6.21. The fourth-order valence-electron chi connectivity index (χ4n) is 1.59. The minimum absolute atomic E-state index is 0.167. The summed E-state index contributed by atoms with van der Waals surface area (Å²) in [6.45, 7) is 4.88. The van der Waals surface area contributed by atoms with Gasteiger partial charge in [-0.2, -0.15) is 4.98 Å². The van der Waals surface area contributed by atoms with E-state index in [0.717, 1.165) is 11.3 Å². The Bertz CT molecular complexity index is 558. The molecule has 1 N–H and O–H groups in total. The predicted molar refractivity (Wildman–Crippen MR) is 75.5 cm³/mol. The summed E-state index contributed by atoms with van der Waals surface area (Å²) < 4.78 is 4.80. The van der Waals surface area contributed by atoms with Crippen molar-refractivity contribution >= 4 is 18.9 Å². The van der Waals surface area contributed by atoms with Crippen LogP contribution in [0.15, 0.2) is 29.1 Å². The Morgan fingerprint density at radius 3 is 2.89 bits per heavy atom. The number of benzene rings is 1. The Hall–Kier alpha value is -1.85. The second kappa shape index (κ2) is 5.66. The van der Waals surface area contributed by atoms with Gasteiger partial charge in [-0.15, -0.1) is 6.42 Å². The molecule has 0 saturated heterocycles. The van der Waals surface area contributed by atoms with Gasteiger partial charge in [0.2, 0.25) is 12.2 Å². The van der Waals surface area contributed by atoms with Crippen molar-refractivity contribution in [2.45, 2.75) is 0 Å². The van der Waals surface area contributed by atoms with E-state index < -0.39 is 0 Å². The normalized spacial score (nSPS) is 10.3. The van der Waals surface area contributed by atoms with Crippen LogP contribution >= 0.6 is 7.92 Å². The van der Waals surface area contributed by atoms with E-state index in [2.05, 4.69) is 46.8 Å². The number of hydrogen-bond acceptors (Lipinski definition) is 4. The summed E-state index contributed by atoms with van der Waals surface area (Å²) in [5.41, 5.74) is 1.85. The second-order valence-corrected chi connectivity index (χ2v) is 6.24.